The van der Waals surface area contributed by atoms with E-state index in [1.807, 2.05) is 20.0 Å². The van der Waals surface area contributed by atoms with Gasteiger partial charge in [0.25, 0.3) is 16.0 Å². The fourth-order valence-electron chi connectivity index (χ4n) is 4.19. The molecule has 4 atom stereocenters. The molecule has 1 spiro atoms. The van der Waals surface area contributed by atoms with Crippen LogP contribution in [0.5, 0.6) is 0 Å². The normalized spacial score (nSPS) is 27.8. The van der Waals surface area contributed by atoms with E-state index in [0.29, 0.717) is 12.1 Å². The Labute approximate surface area is 234 Å². The Morgan fingerprint density at radius 2 is 1.69 bits per heavy atom. The van der Waals surface area contributed by atoms with Crippen molar-refractivity contribution in [3.63, 3.8) is 0 Å². The van der Waals surface area contributed by atoms with Gasteiger partial charge in [0.2, 0.25) is 0 Å². The van der Waals surface area contributed by atoms with Crippen LogP contribution < -0.4 is 11.5 Å². The van der Waals surface area contributed by atoms with E-state index in [9.17, 15) is 13.2 Å². The van der Waals surface area contributed by atoms with E-state index in [0.717, 1.165) is 5.41 Å². The highest BCUT2D eigenvalue weighted by atomic mass is 32.2. The summed E-state index contributed by atoms with van der Waals surface area (Å²) in [6.07, 6.45) is -2.84. The molecule has 1 saturated heterocycles. The number of nitrogens with zero attached hydrogens (tertiary/aromatic N) is 3. The molecule has 222 valence electrons. The number of amides is 1. The van der Waals surface area contributed by atoms with Crippen molar-refractivity contribution in [2.24, 2.45) is 11.5 Å². The van der Waals surface area contributed by atoms with E-state index in [4.69, 9.17) is 29.2 Å². The molecule has 39 heavy (non-hydrogen) atoms. The Morgan fingerprint density at radius 1 is 1.13 bits per heavy atom. The standard InChI is InChI=1S/C24H45N5O7SSi2/c1-12-15-18(20(26)30)29(28-27-15)21-19(35-39(10,11)23(5,6)7)24(16(25)14-37(31,32)36-24)17(34-21)13-33-38(8,9)22(2,3)4/h14,17,19,21H,12-13,25H2,1-11H3,(H2,26,30). The third-order valence-corrected chi connectivity index (χ3v) is 18.7. The van der Waals surface area contributed by atoms with E-state index in [1.165, 1.54) is 4.68 Å². The number of aryl methyl sites for hydroxylation is 1. The number of carbonyl (C=O) groups excluding carboxylic acids is 1. The predicted molar refractivity (Wildman–Crippen MR) is 152 cm³/mol. The Balaban J connectivity index is 2.24. The summed E-state index contributed by atoms with van der Waals surface area (Å²) in [4.78, 5) is 12.6. The van der Waals surface area contributed by atoms with Crippen molar-refractivity contribution in [1.82, 2.24) is 15.0 Å². The van der Waals surface area contributed by atoms with Gasteiger partial charge in [0, 0.05) is 0 Å². The molecule has 2 aliphatic rings. The van der Waals surface area contributed by atoms with Gasteiger partial charge in [-0.05, 0) is 42.7 Å². The van der Waals surface area contributed by atoms with Crippen LogP contribution in [0.25, 0.3) is 0 Å². The summed E-state index contributed by atoms with van der Waals surface area (Å²) in [7, 11) is -9.11. The lowest BCUT2D eigenvalue weighted by Crippen LogP contribution is -2.59. The van der Waals surface area contributed by atoms with Crippen LogP contribution in [0, 0.1) is 0 Å². The molecule has 1 aromatic rings. The van der Waals surface area contributed by atoms with E-state index in [-0.39, 0.29) is 28.1 Å². The molecule has 1 amide bonds. The summed E-state index contributed by atoms with van der Waals surface area (Å²) in [5.74, 6) is -0.745. The van der Waals surface area contributed by atoms with Crippen LogP contribution in [0.1, 0.15) is 70.9 Å². The number of hydrogen-bond donors (Lipinski definition) is 2. The molecule has 1 fully saturated rings. The van der Waals surface area contributed by atoms with E-state index in [1.54, 1.807) is 0 Å². The Bertz CT molecular complexity index is 1250. The number of nitrogens with two attached hydrogens (primary N) is 2. The third-order valence-electron chi connectivity index (χ3n) is 8.64. The van der Waals surface area contributed by atoms with Crippen molar-refractivity contribution in [2.45, 2.75) is 115 Å². The summed E-state index contributed by atoms with van der Waals surface area (Å²) in [5.41, 5.74) is 10.9. The molecule has 0 aromatic carbocycles. The molecule has 3 rings (SSSR count). The first-order valence-corrected chi connectivity index (χ1v) is 20.4. The first-order chi connectivity index (χ1) is 17.5. The molecule has 12 nitrogen and oxygen atoms in total. The second-order valence-electron chi connectivity index (χ2n) is 13.4. The lowest BCUT2D eigenvalue weighted by Gasteiger charge is -2.43. The molecule has 0 saturated carbocycles. The molecule has 4 N–H and O–H groups in total. The van der Waals surface area contributed by atoms with Gasteiger partial charge in [0.15, 0.2) is 34.2 Å². The van der Waals surface area contributed by atoms with Gasteiger partial charge in [0.05, 0.1) is 23.4 Å². The zero-order chi connectivity index (χ0) is 30.0. The predicted octanol–water partition coefficient (Wildman–Crippen LogP) is 3.15. The summed E-state index contributed by atoms with van der Waals surface area (Å²) >= 11 is 0. The van der Waals surface area contributed by atoms with E-state index >= 15 is 0 Å². The van der Waals surface area contributed by atoms with Crippen LogP contribution in [-0.4, -0.2) is 70.4 Å². The molecule has 4 unspecified atom stereocenters. The Morgan fingerprint density at radius 3 is 2.13 bits per heavy atom. The lowest BCUT2D eigenvalue weighted by atomic mass is 9.89. The number of rotatable bonds is 8. The molecular formula is C24H45N5O7SSi2. The van der Waals surface area contributed by atoms with Gasteiger partial charge in [-0.25, -0.2) is 8.86 Å². The van der Waals surface area contributed by atoms with Crippen LogP contribution >= 0.6 is 0 Å². The maximum Gasteiger partial charge on any atom is 0.292 e. The topological polar surface area (TPSA) is 171 Å². The van der Waals surface area contributed by atoms with Crippen LogP contribution in [0.2, 0.25) is 36.3 Å². The van der Waals surface area contributed by atoms with Crippen LogP contribution in [0.3, 0.4) is 0 Å². The third kappa shape index (κ3) is 5.63. The molecule has 0 radical (unpaired) electrons. The highest BCUT2D eigenvalue weighted by molar-refractivity contribution is 7.90. The van der Waals surface area contributed by atoms with E-state index in [2.05, 4.69) is 64.9 Å². The SMILES string of the molecule is CCc1nnn(C2OC(CO[Si](C)(C)C(C)(C)C)C3(OS(=O)(=O)C=C3N)C2O[Si](C)(C)C(C)(C)C)c1C(N)=O. The zero-order valence-electron chi connectivity index (χ0n) is 25.0. The van der Waals surface area contributed by atoms with Crippen molar-refractivity contribution >= 4 is 32.7 Å². The summed E-state index contributed by atoms with van der Waals surface area (Å²) < 4.78 is 52.7. The molecule has 15 heteroatoms. The van der Waals surface area contributed by atoms with Gasteiger partial charge in [-0.3, -0.25) is 4.79 Å². The van der Waals surface area contributed by atoms with Crippen molar-refractivity contribution in [2.75, 3.05) is 6.61 Å². The van der Waals surface area contributed by atoms with Gasteiger partial charge >= 0.3 is 0 Å². The molecular weight excluding hydrogens is 559 g/mol. The first-order valence-electron chi connectivity index (χ1n) is 13.1. The highest BCUT2D eigenvalue weighted by Gasteiger charge is 2.67. The van der Waals surface area contributed by atoms with E-state index < -0.39 is 56.7 Å². The van der Waals surface area contributed by atoms with Gasteiger partial charge in [-0.2, -0.15) is 8.42 Å². The van der Waals surface area contributed by atoms with Crippen LogP contribution in [0.4, 0.5) is 0 Å². The fraction of sp³-hybridized carbons (Fsp3) is 0.792. The summed E-state index contributed by atoms with van der Waals surface area (Å²) in [6.45, 7) is 22.5. The zero-order valence-corrected chi connectivity index (χ0v) is 27.8. The van der Waals surface area contributed by atoms with Gasteiger partial charge < -0.3 is 25.1 Å². The number of carbonyl (C=O) groups is 1. The van der Waals surface area contributed by atoms with Crippen LogP contribution in [0.15, 0.2) is 11.1 Å². The Kier molecular flexibility index (Phi) is 8.20. The fourth-order valence-corrected chi connectivity index (χ4v) is 7.69. The molecule has 1 aromatic heterocycles. The average Bonchev–Trinajstić information content (AvgIpc) is 3.37. The van der Waals surface area contributed by atoms with Crippen molar-refractivity contribution in [3.8, 4) is 0 Å². The van der Waals surface area contributed by atoms with Crippen molar-refractivity contribution < 1.29 is 31.0 Å². The monoisotopic (exact) mass is 603 g/mol. The summed E-state index contributed by atoms with van der Waals surface area (Å²) in [5, 5.41) is 8.86. The minimum atomic E-state index is -4.17. The second-order valence-corrected chi connectivity index (χ2v) is 24.3. The highest BCUT2D eigenvalue weighted by Crippen LogP contribution is 2.52. The van der Waals surface area contributed by atoms with Gasteiger partial charge in [0.1, 0.15) is 12.2 Å². The number of ether oxygens (including phenoxy) is 1. The van der Waals surface area contributed by atoms with Crippen molar-refractivity contribution in [3.05, 3.63) is 22.5 Å². The molecule has 0 aliphatic carbocycles. The molecule has 0 bridgehead atoms. The number of hydrogen-bond acceptors (Lipinski definition) is 10. The number of aromatic nitrogens is 3. The minimum absolute atomic E-state index is 0.0182. The largest absolute Gasteiger partial charge is 0.414 e. The maximum atomic E-state index is 12.9. The second kappa shape index (κ2) is 10.0. The van der Waals surface area contributed by atoms with Crippen LogP contribution in [-0.2, 0) is 34.3 Å². The average molecular weight is 604 g/mol. The first kappa shape index (κ1) is 31.9. The Hall–Kier alpha value is -1.63. The molecule has 3 heterocycles. The smallest absolute Gasteiger partial charge is 0.292 e. The quantitative estimate of drug-likeness (QED) is 0.332. The minimum Gasteiger partial charge on any atom is -0.414 e. The van der Waals surface area contributed by atoms with Crippen molar-refractivity contribution in [1.29, 1.82) is 0 Å². The number of primary amides is 1. The lowest BCUT2D eigenvalue weighted by molar-refractivity contribution is -0.0601. The van der Waals surface area contributed by atoms with Gasteiger partial charge in [-0.15, -0.1) is 5.10 Å². The molecule has 2 aliphatic heterocycles. The summed E-state index contributed by atoms with van der Waals surface area (Å²) in [6, 6.07) is 0. The van der Waals surface area contributed by atoms with Gasteiger partial charge in [-0.1, -0.05) is 53.7 Å². The maximum absolute atomic E-state index is 12.9.